The lowest BCUT2D eigenvalue weighted by Gasteiger charge is -2.09. The topological polar surface area (TPSA) is 91.5 Å². The number of hydrogen-bond acceptors (Lipinski definition) is 7. The number of benzene rings is 1. The van der Waals surface area contributed by atoms with E-state index in [-0.39, 0.29) is 0 Å². The Morgan fingerprint density at radius 1 is 1.05 bits per heavy atom. The number of hydrogen-bond donors (Lipinski definition) is 2. The van der Waals surface area contributed by atoms with Gasteiger partial charge in [-0.1, -0.05) is 0 Å². The third kappa shape index (κ3) is 4.22. The molecule has 0 radical (unpaired) electrons. The fourth-order valence-corrected chi connectivity index (χ4v) is 1.61. The summed E-state index contributed by atoms with van der Waals surface area (Å²) in [5, 5.41) is 3.07. The SMILES string of the molecule is COc1cc(OC)nc(Nc2ccc(OCCN)cc2)n1. The first kappa shape index (κ1) is 14.9. The summed E-state index contributed by atoms with van der Waals surface area (Å²) in [5.41, 5.74) is 6.21. The second-order valence-corrected chi connectivity index (χ2v) is 4.06. The van der Waals surface area contributed by atoms with E-state index in [1.165, 1.54) is 14.2 Å². The molecule has 21 heavy (non-hydrogen) atoms. The molecule has 0 spiro atoms. The molecule has 0 saturated heterocycles. The van der Waals surface area contributed by atoms with Crippen LogP contribution in [0, 0.1) is 0 Å². The van der Waals surface area contributed by atoms with Crippen molar-refractivity contribution in [1.82, 2.24) is 9.97 Å². The van der Waals surface area contributed by atoms with Gasteiger partial charge >= 0.3 is 0 Å². The molecule has 0 aliphatic rings. The quantitative estimate of drug-likeness (QED) is 0.799. The molecular formula is C14H18N4O3. The standard InChI is InChI=1S/C14H18N4O3/c1-19-12-9-13(20-2)18-14(17-12)16-10-3-5-11(6-4-10)21-8-7-15/h3-6,9H,7-8,15H2,1-2H3,(H,16,17,18). The van der Waals surface area contributed by atoms with E-state index < -0.39 is 0 Å². The summed E-state index contributed by atoms with van der Waals surface area (Å²) in [7, 11) is 3.07. The number of aromatic nitrogens is 2. The van der Waals surface area contributed by atoms with Gasteiger partial charge in [-0.3, -0.25) is 0 Å². The van der Waals surface area contributed by atoms with Gasteiger partial charge in [0.25, 0.3) is 0 Å². The minimum absolute atomic E-state index is 0.391. The van der Waals surface area contributed by atoms with Crippen LogP contribution in [0.3, 0.4) is 0 Å². The van der Waals surface area contributed by atoms with Crippen LogP contribution >= 0.6 is 0 Å². The molecular weight excluding hydrogens is 272 g/mol. The molecule has 2 rings (SSSR count). The first-order valence-corrected chi connectivity index (χ1v) is 6.42. The lowest BCUT2D eigenvalue weighted by Crippen LogP contribution is -2.10. The Hall–Kier alpha value is -2.54. The Labute approximate surface area is 123 Å². The van der Waals surface area contributed by atoms with Crippen molar-refractivity contribution in [1.29, 1.82) is 0 Å². The van der Waals surface area contributed by atoms with E-state index in [1.807, 2.05) is 24.3 Å². The van der Waals surface area contributed by atoms with E-state index in [4.69, 9.17) is 19.9 Å². The van der Waals surface area contributed by atoms with Gasteiger partial charge in [-0.15, -0.1) is 0 Å². The van der Waals surface area contributed by atoms with Crippen molar-refractivity contribution in [2.24, 2.45) is 5.73 Å². The number of nitrogens with one attached hydrogen (secondary N) is 1. The molecule has 0 fully saturated rings. The molecule has 1 heterocycles. The van der Waals surface area contributed by atoms with Crippen molar-refractivity contribution in [2.45, 2.75) is 0 Å². The van der Waals surface area contributed by atoms with Crippen LogP contribution in [-0.4, -0.2) is 37.3 Å². The second-order valence-electron chi connectivity index (χ2n) is 4.06. The van der Waals surface area contributed by atoms with E-state index in [0.29, 0.717) is 30.9 Å². The highest BCUT2D eigenvalue weighted by Gasteiger charge is 2.05. The van der Waals surface area contributed by atoms with Crippen LogP contribution in [0.1, 0.15) is 0 Å². The van der Waals surface area contributed by atoms with Crippen molar-refractivity contribution < 1.29 is 14.2 Å². The number of methoxy groups -OCH3 is 2. The van der Waals surface area contributed by atoms with Gasteiger partial charge in [0.15, 0.2) is 0 Å². The zero-order valence-corrected chi connectivity index (χ0v) is 12.0. The summed E-state index contributed by atoms with van der Waals surface area (Å²) in [5.74, 6) is 2.00. The highest BCUT2D eigenvalue weighted by molar-refractivity contribution is 5.55. The average molecular weight is 290 g/mol. The molecule has 2 aromatic rings. The highest BCUT2D eigenvalue weighted by atomic mass is 16.5. The minimum atomic E-state index is 0.391. The van der Waals surface area contributed by atoms with Crippen molar-refractivity contribution in [3.8, 4) is 17.5 Å². The first-order valence-electron chi connectivity index (χ1n) is 6.42. The van der Waals surface area contributed by atoms with Gasteiger partial charge in [-0.05, 0) is 24.3 Å². The predicted molar refractivity (Wildman–Crippen MR) is 79.4 cm³/mol. The fourth-order valence-electron chi connectivity index (χ4n) is 1.61. The summed E-state index contributed by atoms with van der Waals surface area (Å²) in [6.45, 7) is 0.973. The molecule has 0 bridgehead atoms. The molecule has 0 atom stereocenters. The zero-order chi connectivity index (χ0) is 15.1. The fraction of sp³-hybridized carbons (Fsp3) is 0.286. The third-order valence-corrected chi connectivity index (χ3v) is 2.59. The van der Waals surface area contributed by atoms with Gasteiger partial charge in [-0.25, -0.2) is 0 Å². The number of rotatable bonds is 7. The van der Waals surface area contributed by atoms with Gasteiger partial charge < -0.3 is 25.3 Å². The predicted octanol–water partition coefficient (Wildman–Crippen LogP) is 1.57. The molecule has 7 nitrogen and oxygen atoms in total. The number of ether oxygens (including phenoxy) is 3. The summed E-state index contributed by atoms with van der Waals surface area (Å²) < 4.78 is 15.6. The molecule has 0 aliphatic carbocycles. The Kier molecular flexibility index (Phi) is 5.16. The molecule has 112 valence electrons. The lowest BCUT2D eigenvalue weighted by molar-refractivity contribution is 0.328. The van der Waals surface area contributed by atoms with Crippen LogP contribution in [0.15, 0.2) is 30.3 Å². The van der Waals surface area contributed by atoms with Crippen LogP contribution in [0.4, 0.5) is 11.6 Å². The Balaban J connectivity index is 2.10. The summed E-state index contributed by atoms with van der Waals surface area (Å²) >= 11 is 0. The van der Waals surface area contributed by atoms with Gasteiger partial charge in [0.2, 0.25) is 17.7 Å². The molecule has 0 saturated carbocycles. The highest BCUT2D eigenvalue weighted by Crippen LogP contribution is 2.22. The molecule has 1 aromatic heterocycles. The minimum Gasteiger partial charge on any atom is -0.492 e. The Morgan fingerprint density at radius 2 is 1.67 bits per heavy atom. The van der Waals surface area contributed by atoms with Crippen LogP contribution in [0.5, 0.6) is 17.5 Å². The van der Waals surface area contributed by atoms with Crippen LogP contribution in [0.2, 0.25) is 0 Å². The van der Waals surface area contributed by atoms with E-state index in [2.05, 4.69) is 15.3 Å². The molecule has 1 aromatic carbocycles. The number of nitrogens with zero attached hydrogens (tertiary/aromatic N) is 2. The molecule has 3 N–H and O–H groups in total. The summed E-state index contributed by atoms with van der Waals surface area (Å²) in [6.07, 6.45) is 0. The largest absolute Gasteiger partial charge is 0.492 e. The summed E-state index contributed by atoms with van der Waals surface area (Å²) in [6, 6.07) is 9.02. The molecule has 7 heteroatoms. The maximum Gasteiger partial charge on any atom is 0.233 e. The van der Waals surface area contributed by atoms with E-state index in [9.17, 15) is 0 Å². The maximum atomic E-state index is 5.41. The number of nitrogens with two attached hydrogens (primary N) is 1. The zero-order valence-electron chi connectivity index (χ0n) is 12.0. The molecule has 0 amide bonds. The smallest absolute Gasteiger partial charge is 0.233 e. The monoisotopic (exact) mass is 290 g/mol. The van der Waals surface area contributed by atoms with Crippen molar-refractivity contribution in [3.05, 3.63) is 30.3 Å². The van der Waals surface area contributed by atoms with Gasteiger partial charge in [0, 0.05) is 12.2 Å². The Morgan fingerprint density at radius 3 is 2.19 bits per heavy atom. The molecule has 0 unspecified atom stereocenters. The molecule has 0 aliphatic heterocycles. The van der Waals surface area contributed by atoms with E-state index in [0.717, 1.165) is 11.4 Å². The van der Waals surface area contributed by atoms with Gasteiger partial charge in [0.1, 0.15) is 12.4 Å². The van der Waals surface area contributed by atoms with Gasteiger partial charge in [-0.2, -0.15) is 9.97 Å². The van der Waals surface area contributed by atoms with E-state index >= 15 is 0 Å². The first-order chi connectivity index (χ1) is 10.2. The van der Waals surface area contributed by atoms with Crippen molar-refractivity contribution >= 4 is 11.6 Å². The normalized spacial score (nSPS) is 10.0. The van der Waals surface area contributed by atoms with E-state index in [1.54, 1.807) is 6.07 Å². The van der Waals surface area contributed by atoms with Crippen LogP contribution in [-0.2, 0) is 0 Å². The third-order valence-electron chi connectivity index (χ3n) is 2.59. The van der Waals surface area contributed by atoms with Crippen molar-refractivity contribution in [3.63, 3.8) is 0 Å². The average Bonchev–Trinajstić information content (AvgIpc) is 2.53. The van der Waals surface area contributed by atoms with Crippen LogP contribution < -0.4 is 25.3 Å². The second kappa shape index (κ2) is 7.30. The Bertz CT molecular complexity index is 553. The van der Waals surface area contributed by atoms with Crippen molar-refractivity contribution in [2.75, 3.05) is 32.7 Å². The maximum absolute atomic E-state index is 5.41. The summed E-state index contributed by atoms with van der Waals surface area (Å²) in [4.78, 5) is 8.39. The lowest BCUT2D eigenvalue weighted by atomic mass is 10.3. The van der Waals surface area contributed by atoms with Gasteiger partial charge in [0.05, 0.1) is 20.3 Å². The number of anilines is 2. The van der Waals surface area contributed by atoms with Crippen LogP contribution in [0.25, 0.3) is 0 Å².